The number of hydrogen-bond acceptors (Lipinski definition) is 5. The monoisotopic (exact) mass is 413 g/mol. The predicted molar refractivity (Wildman–Crippen MR) is 110 cm³/mol. The fourth-order valence-electron chi connectivity index (χ4n) is 3.40. The first kappa shape index (κ1) is 19.0. The lowest BCUT2D eigenvalue weighted by molar-refractivity contribution is -0.121. The summed E-state index contributed by atoms with van der Waals surface area (Å²) in [7, 11) is 0. The maximum absolute atomic E-state index is 12.8. The molecular weight excluding hydrogens is 394 g/mol. The van der Waals surface area contributed by atoms with Crippen LogP contribution < -0.4 is 5.32 Å². The number of carbonyl (C=O) groups is 1. The molecular formula is C20H20ClN5OS. The second kappa shape index (κ2) is 8.32. The molecule has 0 radical (unpaired) electrons. The molecule has 0 spiro atoms. The molecule has 0 saturated heterocycles. The van der Waals surface area contributed by atoms with E-state index >= 15 is 0 Å². The van der Waals surface area contributed by atoms with Gasteiger partial charge in [0.2, 0.25) is 11.1 Å². The summed E-state index contributed by atoms with van der Waals surface area (Å²) in [5.41, 5.74) is 3.35. The molecule has 3 aromatic rings. The van der Waals surface area contributed by atoms with E-state index in [0.717, 1.165) is 24.9 Å². The molecule has 1 heterocycles. The van der Waals surface area contributed by atoms with Crippen LogP contribution in [-0.2, 0) is 11.2 Å². The van der Waals surface area contributed by atoms with E-state index in [2.05, 4.69) is 39.0 Å². The van der Waals surface area contributed by atoms with Gasteiger partial charge in [-0.2, -0.15) is 4.68 Å². The van der Waals surface area contributed by atoms with Crippen LogP contribution in [0.5, 0.6) is 0 Å². The molecule has 0 aliphatic heterocycles. The van der Waals surface area contributed by atoms with Crippen LogP contribution in [0.15, 0.2) is 53.7 Å². The molecule has 1 amide bonds. The Kier molecular flexibility index (Phi) is 5.64. The zero-order valence-electron chi connectivity index (χ0n) is 15.4. The smallest absolute Gasteiger partial charge is 0.233 e. The van der Waals surface area contributed by atoms with Crippen molar-refractivity contribution in [2.24, 2.45) is 0 Å². The molecule has 2 atom stereocenters. The normalized spacial score (nSPS) is 17.0. The number of nitrogens with one attached hydrogen (secondary N) is 1. The highest BCUT2D eigenvalue weighted by Crippen LogP contribution is 2.30. The Hall–Kier alpha value is -2.38. The molecule has 1 aromatic heterocycles. The Morgan fingerprint density at radius 3 is 2.86 bits per heavy atom. The third-order valence-electron chi connectivity index (χ3n) is 4.85. The van der Waals surface area contributed by atoms with Crippen molar-refractivity contribution in [3.05, 3.63) is 64.7 Å². The number of nitrogens with zero attached hydrogens (tertiary/aromatic N) is 4. The van der Waals surface area contributed by atoms with E-state index in [4.69, 9.17) is 11.6 Å². The van der Waals surface area contributed by atoms with Crippen molar-refractivity contribution in [1.82, 2.24) is 25.5 Å². The summed E-state index contributed by atoms with van der Waals surface area (Å²) >= 11 is 7.28. The summed E-state index contributed by atoms with van der Waals surface area (Å²) in [6.07, 6.45) is 3.11. The number of carbonyl (C=O) groups excluding carboxylic acids is 1. The number of fused-ring (bicyclic) bond motifs is 1. The van der Waals surface area contributed by atoms with E-state index in [1.807, 2.05) is 25.1 Å². The number of halogens is 1. The van der Waals surface area contributed by atoms with Gasteiger partial charge in [0.25, 0.3) is 0 Å². The highest BCUT2D eigenvalue weighted by Gasteiger charge is 2.25. The number of thioether (sulfide) groups is 1. The molecule has 8 heteroatoms. The van der Waals surface area contributed by atoms with E-state index in [0.29, 0.717) is 10.2 Å². The lowest BCUT2D eigenvalue weighted by Gasteiger charge is -2.27. The number of aryl methyl sites for hydroxylation is 1. The standard InChI is InChI=1S/C20H20ClN5OS/c1-13(19(27)22-18-8-4-6-14-5-2-3-7-17(14)18)28-20-23-24-25-26(20)16-11-9-15(21)10-12-16/h2-3,5,7,9-13,18H,4,6,8H2,1H3,(H,22,27)/t13-,18+/m0/s1. The lowest BCUT2D eigenvalue weighted by atomic mass is 9.88. The summed E-state index contributed by atoms with van der Waals surface area (Å²) < 4.78 is 1.61. The first-order valence-electron chi connectivity index (χ1n) is 9.21. The van der Waals surface area contributed by atoms with Gasteiger partial charge in [0, 0.05) is 5.02 Å². The van der Waals surface area contributed by atoms with Crippen molar-refractivity contribution in [3.8, 4) is 5.69 Å². The van der Waals surface area contributed by atoms with Gasteiger partial charge >= 0.3 is 0 Å². The third-order valence-corrected chi connectivity index (χ3v) is 6.13. The molecule has 0 saturated carbocycles. The van der Waals surface area contributed by atoms with Crippen molar-refractivity contribution in [1.29, 1.82) is 0 Å². The Morgan fingerprint density at radius 2 is 2.04 bits per heavy atom. The van der Waals surface area contributed by atoms with Crippen molar-refractivity contribution < 1.29 is 4.79 Å². The minimum absolute atomic E-state index is 0.0163. The van der Waals surface area contributed by atoms with Crippen molar-refractivity contribution in [2.45, 2.75) is 42.6 Å². The van der Waals surface area contributed by atoms with Gasteiger partial charge in [0.05, 0.1) is 17.0 Å². The average Bonchev–Trinajstić information content (AvgIpc) is 3.17. The summed E-state index contributed by atoms with van der Waals surface area (Å²) in [4.78, 5) is 12.8. The average molecular weight is 414 g/mol. The summed E-state index contributed by atoms with van der Waals surface area (Å²) in [5.74, 6) is -0.0163. The second-order valence-electron chi connectivity index (χ2n) is 6.76. The van der Waals surface area contributed by atoms with Crippen molar-refractivity contribution in [3.63, 3.8) is 0 Å². The second-order valence-corrected chi connectivity index (χ2v) is 8.51. The number of hydrogen-bond donors (Lipinski definition) is 1. The molecule has 1 aliphatic carbocycles. The van der Waals surface area contributed by atoms with E-state index in [1.54, 1.807) is 16.8 Å². The number of aromatic nitrogens is 4. The first-order chi connectivity index (χ1) is 13.6. The fourth-order valence-corrected chi connectivity index (χ4v) is 4.34. The maximum Gasteiger partial charge on any atom is 0.233 e. The van der Waals surface area contributed by atoms with Crippen LogP contribution in [0, 0.1) is 0 Å². The largest absolute Gasteiger partial charge is 0.348 e. The third kappa shape index (κ3) is 4.05. The van der Waals surface area contributed by atoms with E-state index in [-0.39, 0.29) is 17.2 Å². The molecule has 4 rings (SSSR count). The van der Waals surface area contributed by atoms with Crippen LogP contribution >= 0.6 is 23.4 Å². The zero-order valence-corrected chi connectivity index (χ0v) is 17.0. The van der Waals surface area contributed by atoms with Crippen LogP contribution in [-0.4, -0.2) is 31.4 Å². The van der Waals surface area contributed by atoms with Crippen LogP contribution in [0.25, 0.3) is 5.69 Å². The number of benzene rings is 2. The molecule has 1 N–H and O–H groups in total. The minimum atomic E-state index is -0.328. The van der Waals surface area contributed by atoms with Gasteiger partial charge in [0.15, 0.2) is 0 Å². The van der Waals surface area contributed by atoms with Crippen LogP contribution in [0.2, 0.25) is 5.02 Å². The minimum Gasteiger partial charge on any atom is -0.348 e. The van der Waals surface area contributed by atoms with Gasteiger partial charge in [-0.25, -0.2) is 0 Å². The van der Waals surface area contributed by atoms with Gasteiger partial charge in [-0.3, -0.25) is 4.79 Å². The van der Waals surface area contributed by atoms with E-state index < -0.39 is 0 Å². The topological polar surface area (TPSA) is 72.7 Å². The number of tetrazole rings is 1. The highest BCUT2D eigenvalue weighted by molar-refractivity contribution is 8.00. The SMILES string of the molecule is C[C@H](Sc1nnnn1-c1ccc(Cl)cc1)C(=O)N[C@@H]1CCCc2ccccc21. The molecule has 2 aromatic carbocycles. The van der Waals surface area contributed by atoms with Crippen molar-refractivity contribution >= 4 is 29.3 Å². The van der Waals surface area contributed by atoms with E-state index in [1.165, 1.54) is 22.9 Å². The Morgan fingerprint density at radius 1 is 1.25 bits per heavy atom. The van der Waals surface area contributed by atoms with Gasteiger partial charge in [-0.05, 0) is 72.0 Å². The molecule has 0 fully saturated rings. The quantitative estimate of drug-likeness (QED) is 0.640. The summed E-state index contributed by atoms with van der Waals surface area (Å²) in [6, 6.07) is 15.6. The summed E-state index contributed by atoms with van der Waals surface area (Å²) in [5, 5.41) is 15.9. The van der Waals surface area contributed by atoms with Crippen LogP contribution in [0.1, 0.15) is 36.9 Å². The fraction of sp³-hybridized carbons (Fsp3) is 0.300. The highest BCUT2D eigenvalue weighted by atomic mass is 35.5. The summed E-state index contributed by atoms with van der Waals surface area (Å²) in [6.45, 7) is 1.87. The zero-order chi connectivity index (χ0) is 19.5. The molecule has 144 valence electrons. The van der Waals surface area contributed by atoms with Gasteiger partial charge < -0.3 is 5.32 Å². The van der Waals surface area contributed by atoms with E-state index in [9.17, 15) is 4.79 Å². The molecule has 0 bridgehead atoms. The Bertz CT molecular complexity index is 975. The van der Waals surface area contributed by atoms with Gasteiger partial charge in [0.1, 0.15) is 0 Å². The van der Waals surface area contributed by atoms with Crippen LogP contribution in [0.4, 0.5) is 0 Å². The molecule has 28 heavy (non-hydrogen) atoms. The molecule has 0 unspecified atom stereocenters. The van der Waals surface area contributed by atoms with Crippen LogP contribution in [0.3, 0.4) is 0 Å². The Labute approximate surface area is 172 Å². The number of rotatable bonds is 5. The number of amides is 1. The molecule has 6 nitrogen and oxygen atoms in total. The Balaban J connectivity index is 1.45. The molecule has 1 aliphatic rings. The predicted octanol–water partition coefficient (Wildman–Crippen LogP) is 3.99. The lowest BCUT2D eigenvalue weighted by Crippen LogP contribution is -2.36. The van der Waals surface area contributed by atoms with Gasteiger partial charge in [-0.15, -0.1) is 5.10 Å². The van der Waals surface area contributed by atoms with Gasteiger partial charge in [-0.1, -0.05) is 47.6 Å². The van der Waals surface area contributed by atoms with Crippen molar-refractivity contribution in [2.75, 3.05) is 0 Å². The first-order valence-corrected chi connectivity index (χ1v) is 10.5. The maximum atomic E-state index is 12.8.